The van der Waals surface area contributed by atoms with Crippen LogP contribution < -0.4 is 5.56 Å². The highest BCUT2D eigenvalue weighted by atomic mass is 35.5. The van der Waals surface area contributed by atoms with Crippen molar-refractivity contribution in [3.05, 3.63) is 75.3 Å². The predicted molar refractivity (Wildman–Crippen MR) is 106 cm³/mol. The fraction of sp³-hybridized carbons (Fsp3) is 0.286. The van der Waals surface area contributed by atoms with Crippen molar-refractivity contribution in [1.29, 1.82) is 0 Å². The second-order valence-corrected chi connectivity index (χ2v) is 7.39. The van der Waals surface area contributed by atoms with E-state index in [-0.39, 0.29) is 11.5 Å². The molecule has 0 bridgehead atoms. The Morgan fingerprint density at radius 3 is 2.67 bits per heavy atom. The van der Waals surface area contributed by atoms with E-state index in [0.29, 0.717) is 35.2 Å². The maximum absolute atomic E-state index is 12.9. The average Bonchev–Trinajstić information content (AvgIpc) is 2.70. The molecule has 1 saturated heterocycles. The quantitative estimate of drug-likeness (QED) is 0.681. The number of para-hydroxylation sites is 1. The van der Waals surface area contributed by atoms with Gasteiger partial charge in [-0.1, -0.05) is 29.8 Å². The number of amides is 1. The number of carbonyl (C=O) groups excluding carboxylic acids is 1. The minimum Gasteiger partial charge on any atom is -0.337 e. The lowest BCUT2D eigenvalue weighted by Gasteiger charge is -2.32. The molecular formula is C21H20ClN3O2. The normalized spacial score (nSPS) is 15.3. The first-order valence-electron chi connectivity index (χ1n) is 9.04. The van der Waals surface area contributed by atoms with E-state index in [0.717, 1.165) is 23.8 Å². The first-order chi connectivity index (χ1) is 13.0. The number of aryl methyl sites for hydroxylation is 1. The first kappa shape index (κ1) is 17.7. The number of halogens is 1. The van der Waals surface area contributed by atoms with Gasteiger partial charge in [-0.25, -0.2) is 4.98 Å². The molecule has 1 aromatic carbocycles. The van der Waals surface area contributed by atoms with Gasteiger partial charge in [0.1, 0.15) is 5.69 Å². The molecule has 1 amide bonds. The summed E-state index contributed by atoms with van der Waals surface area (Å²) in [5, 5.41) is 1.47. The van der Waals surface area contributed by atoms with E-state index in [4.69, 9.17) is 11.6 Å². The lowest BCUT2D eigenvalue weighted by atomic mass is 9.90. The van der Waals surface area contributed by atoms with Crippen molar-refractivity contribution in [3.8, 4) is 0 Å². The lowest BCUT2D eigenvalue weighted by Crippen LogP contribution is -2.38. The SMILES string of the molecule is Cn1ccc(C2CCN(C(=O)c3ccc4cccc(Cl)c4n3)CC2)cc1=O. The van der Waals surface area contributed by atoms with Gasteiger partial charge >= 0.3 is 0 Å². The van der Waals surface area contributed by atoms with Crippen LogP contribution in [0.1, 0.15) is 34.8 Å². The van der Waals surface area contributed by atoms with Crippen LogP contribution in [-0.2, 0) is 7.05 Å². The van der Waals surface area contributed by atoms with Crippen molar-refractivity contribution in [2.24, 2.45) is 7.05 Å². The van der Waals surface area contributed by atoms with E-state index in [1.165, 1.54) is 0 Å². The highest BCUT2D eigenvalue weighted by Crippen LogP contribution is 2.28. The summed E-state index contributed by atoms with van der Waals surface area (Å²) in [5.41, 5.74) is 2.13. The van der Waals surface area contributed by atoms with Gasteiger partial charge in [-0.3, -0.25) is 9.59 Å². The number of rotatable bonds is 2. The Kier molecular flexibility index (Phi) is 4.70. The fourth-order valence-corrected chi connectivity index (χ4v) is 3.85. The van der Waals surface area contributed by atoms with Gasteiger partial charge in [-0.05, 0) is 42.5 Å². The molecule has 138 valence electrons. The zero-order valence-corrected chi connectivity index (χ0v) is 15.8. The maximum Gasteiger partial charge on any atom is 0.272 e. The van der Waals surface area contributed by atoms with Crippen LogP contribution in [0.4, 0.5) is 0 Å². The average molecular weight is 382 g/mol. The molecule has 1 fully saturated rings. The molecule has 5 nitrogen and oxygen atoms in total. The Hall–Kier alpha value is -2.66. The van der Waals surface area contributed by atoms with Gasteiger partial charge in [0.05, 0.1) is 10.5 Å². The molecule has 0 atom stereocenters. The van der Waals surface area contributed by atoms with Crippen LogP contribution in [0.25, 0.3) is 10.9 Å². The van der Waals surface area contributed by atoms with Gasteiger partial charge in [-0.2, -0.15) is 0 Å². The largest absolute Gasteiger partial charge is 0.337 e. The number of nitrogens with zero attached hydrogens (tertiary/aromatic N) is 3. The third kappa shape index (κ3) is 3.47. The molecule has 6 heteroatoms. The van der Waals surface area contributed by atoms with Crippen molar-refractivity contribution < 1.29 is 4.79 Å². The number of carbonyl (C=O) groups is 1. The molecule has 0 spiro atoms. The zero-order chi connectivity index (χ0) is 19.0. The van der Waals surface area contributed by atoms with Gasteiger partial charge in [0.15, 0.2) is 0 Å². The molecule has 3 aromatic rings. The summed E-state index contributed by atoms with van der Waals surface area (Å²) >= 11 is 6.22. The van der Waals surface area contributed by atoms with E-state index in [9.17, 15) is 9.59 Å². The van der Waals surface area contributed by atoms with Crippen LogP contribution in [0.3, 0.4) is 0 Å². The molecule has 3 heterocycles. The molecule has 4 rings (SSSR count). The third-order valence-electron chi connectivity index (χ3n) is 5.27. The van der Waals surface area contributed by atoms with Crippen molar-refractivity contribution >= 4 is 28.4 Å². The smallest absolute Gasteiger partial charge is 0.272 e. The summed E-state index contributed by atoms with van der Waals surface area (Å²) in [5.74, 6) is 0.237. The predicted octanol–water partition coefficient (Wildman–Crippen LogP) is 3.61. The molecule has 0 unspecified atom stereocenters. The van der Waals surface area contributed by atoms with Crippen LogP contribution in [0.2, 0.25) is 5.02 Å². The standard InChI is InChI=1S/C21H20ClN3O2/c1-24-10-7-16(13-19(24)26)14-8-11-25(12-9-14)21(27)18-6-5-15-3-2-4-17(22)20(15)23-18/h2-7,10,13-14H,8-9,11-12H2,1H3. The van der Waals surface area contributed by atoms with Gasteiger partial charge < -0.3 is 9.47 Å². The van der Waals surface area contributed by atoms with Crippen LogP contribution in [0.5, 0.6) is 0 Å². The number of hydrogen-bond acceptors (Lipinski definition) is 3. The second kappa shape index (κ2) is 7.16. The van der Waals surface area contributed by atoms with Gasteiger partial charge in [0.2, 0.25) is 0 Å². The number of aromatic nitrogens is 2. The van der Waals surface area contributed by atoms with E-state index in [1.54, 1.807) is 36.0 Å². The summed E-state index contributed by atoms with van der Waals surface area (Å²) in [7, 11) is 1.75. The van der Waals surface area contributed by atoms with E-state index in [2.05, 4.69) is 4.98 Å². The summed E-state index contributed by atoms with van der Waals surface area (Å²) in [6.07, 6.45) is 3.48. The molecule has 0 N–H and O–H groups in total. The molecule has 1 aliphatic rings. The number of benzene rings is 1. The Balaban J connectivity index is 1.49. The first-order valence-corrected chi connectivity index (χ1v) is 9.42. The zero-order valence-electron chi connectivity index (χ0n) is 15.1. The van der Waals surface area contributed by atoms with E-state index >= 15 is 0 Å². The number of piperidine rings is 1. The molecule has 27 heavy (non-hydrogen) atoms. The van der Waals surface area contributed by atoms with Crippen LogP contribution in [0.15, 0.2) is 53.5 Å². The minimum atomic E-state index is -0.0701. The molecule has 0 radical (unpaired) electrons. The Morgan fingerprint density at radius 2 is 1.93 bits per heavy atom. The lowest BCUT2D eigenvalue weighted by molar-refractivity contribution is 0.0707. The monoisotopic (exact) mass is 381 g/mol. The number of hydrogen-bond donors (Lipinski definition) is 0. The summed E-state index contributed by atoms with van der Waals surface area (Å²) in [4.78, 5) is 31.0. The van der Waals surface area contributed by atoms with Gasteiger partial charge in [-0.15, -0.1) is 0 Å². The maximum atomic E-state index is 12.9. The van der Waals surface area contributed by atoms with Crippen LogP contribution in [-0.4, -0.2) is 33.4 Å². The minimum absolute atomic E-state index is 0.00301. The van der Waals surface area contributed by atoms with Crippen LogP contribution in [0, 0.1) is 0 Å². The van der Waals surface area contributed by atoms with Crippen molar-refractivity contribution in [3.63, 3.8) is 0 Å². The highest BCUT2D eigenvalue weighted by molar-refractivity contribution is 6.35. The van der Waals surface area contributed by atoms with E-state index in [1.807, 2.05) is 29.2 Å². The second-order valence-electron chi connectivity index (χ2n) is 6.98. The summed E-state index contributed by atoms with van der Waals surface area (Å²) in [6.45, 7) is 1.31. The highest BCUT2D eigenvalue weighted by Gasteiger charge is 2.25. The Labute approximate surface area is 162 Å². The van der Waals surface area contributed by atoms with Gasteiger partial charge in [0.25, 0.3) is 11.5 Å². The molecule has 1 aliphatic heterocycles. The molecule has 2 aromatic heterocycles. The van der Waals surface area contributed by atoms with Crippen molar-refractivity contribution in [1.82, 2.24) is 14.5 Å². The summed E-state index contributed by atoms with van der Waals surface area (Å²) in [6, 6.07) is 12.9. The Bertz CT molecular complexity index is 1070. The fourth-order valence-electron chi connectivity index (χ4n) is 3.63. The number of likely N-dealkylation sites (tertiary alicyclic amines) is 1. The van der Waals surface area contributed by atoms with E-state index < -0.39 is 0 Å². The van der Waals surface area contributed by atoms with Crippen molar-refractivity contribution in [2.45, 2.75) is 18.8 Å². The summed E-state index contributed by atoms with van der Waals surface area (Å²) < 4.78 is 1.57. The number of fused-ring (bicyclic) bond motifs is 1. The molecule has 0 aliphatic carbocycles. The van der Waals surface area contributed by atoms with Crippen LogP contribution >= 0.6 is 11.6 Å². The topological polar surface area (TPSA) is 55.2 Å². The number of pyridine rings is 2. The molecule has 0 saturated carbocycles. The molecular weight excluding hydrogens is 362 g/mol. The van der Waals surface area contributed by atoms with Gasteiger partial charge in [0, 0.05) is 37.8 Å². The third-order valence-corrected chi connectivity index (χ3v) is 5.58. The Morgan fingerprint density at radius 1 is 1.15 bits per heavy atom. The van der Waals surface area contributed by atoms with Crippen molar-refractivity contribution in [2.75, 3.05) is 13.1 Å².